The maximum Gasteiger partial charge on any atom is 0.220 e. The Morgan fingerprint density at radius 1 is 1.12 bits per heavy atom. The second-order valence-electron chi connectivity index (χ2n) is 5.26. The molecule has 1 rings (SSSR count). The van der Waals surface area contributed by atoms with Crippen LogP contribution in [0.25, 0.3) is 0 Å². The fourth-order valence-electron chi connectivity index (χ4n) is 2.38. The molecular formula is C17H29ClN2O4. The van der Waals surface area contributed by atoms with Crippen LogP contribution in [0.5, 0.6) is 17.2 Å². The fourth-order valence-corrected chi connectivity index (χ4v) is 2.38. The van der Waals surface area contributed by atoms with Crippen LogP contribution in [0, 0.1) is 0 Å². The van der Waals surface area contributed by atoms with Crippen LogP contribution >= 0.6 is 12.4 Å². The van der Waals surface area contributed by atoms with Gasteiger partial charge in [-0.3, -0.25) is 4.79 Å². The Balaban J connectivity index is 0.00000529. The standard InChI is InChI=1S/C17H28N2O4.ClH/c1-6-18-12(2)11-19-15(20)10-8-13-7-9-14(21-3)17(23-5)16(13)22-4;/h7,9,12,18H,6,8,10-11H2,1-5H3,(H,19,20);1H/t12-;/m1./s1. The molecule has 0 aliphatic heterocycles. The number of likely N-dealkylation sites (N-methyl/N-ethyl adjacent to an activating group) is 1. The van der Waals surface area contributed by atoms with Crippen molar-refractivity contribution in [2.45, 2.75) is 32.7 Å². The van der Waals surface area contributed by atoms with Crippen LogP contribution in [0.1, 0.15) is 25.8 Å². The van der Waals surface area contributed by atoms with Gasteiger partial charge < -0.3 is 24.8 Å². The molecule has 138 valence electrons. The predicted octanol–water partition coefficient (Wildman–Crippen LogP) is 2.18. The lowest BCUT2D eigenvalue weighted by Crippen LogP contribution is -2.38. The predicted molar refractivity (Wildman–Crippen MR) is 97.8 cm³/mol. The number of halogens is 1. The van der Waals surface area contributed by atoms with Crippen LogP contribution in [-0.2, 0) is 11.2 Å². The molecule has 1 aromatic rings. The quantitative estimate of drug-likeness (QED) is 0.669. The van der Waals surface area contributed by atoms with Gasteiger partial charge in [0.2, 0.25) is 11.7 Å². The largest absolute Gasteiger partial charge is 0.493 e. The summed E-state index contributed by atoms with van der Waals surface area (Å²) in [6.45, 7) is 5.60. The van der Waals surface area contributed by atoms with E-state index in [2.05, 4.69) is 10.6 Å². The number of hydrogen-bond acceptors (Lipinski definition) is 5. The van der Waals surface area contributed by atoms with E-state index in [1.807, 2.05) is 26.0 Å². The number of hydrogen-bond donors (Lipinski definition) is 2. The monoisotopic (exact) mass is 360 g/mol. The van der Waals surface area contributed by atoms with Gasteiger partial charge in [0.1, 0.15) is 0 Å². The number of nitrogens with one attached hydrogen (secondary N) is 2. The molecular weight excluding hydrogens is 332 g/mol. The minimum Gasteiger partial charge on any atom is -0.493 e. The molecule has 0 fully saturated rings. The molecule has 0 aliphatic rings. The molecule has 24 heavy (non-hydrogen) atoms. The van der Waals surface area contributed by atoms with E-state index in [4.69, 9.17) is 14.2 Å². The summed E-state index contributed by atoms with van der Waals surface area (Å²) in [5, 5.41) is 6.18. The Morgan fingerprint density at radius 2 is 1.79 bits per heavy atom. The van der Waals surface area contributed by atoms with Crippen molar-refractivity contribution in [1.29, 1.82) is 0 Å². The Morgan fingerprint density at radius 3 is 2.33 bits per heavy atom. The lowest BCUT2D eigenvalue weighted by atomic mass is 10.1. The first kappa shape index (κ1) is 22.3. The summed E-state index contributed by atoms with van der Waals surface area (Å²) >= 11 is 0. The summed E-state index contributed by atoms with van der Waals surface area (Å²) in [7, 11) is 4.73. The molecule has 0 saturated carbocycles. The van der Waals surface area contributed by atoms with Gasteiger partial charge in [-0.05, 0) is 31.5 Å². The van der Waals surface area contributed by atoms with Crippen LogP contribution < -0.4 is 24.8 Å². The molecule has 0 aliphatic carbocycles. The van der Waals surface area contributed by atoms with Crippen molar-refractivity contribution >= 4 is 18.3 Å². The van der Waals surface area contributed by atoms with E-state index in [9.17, 15) is 4.79 Å². The second-order valence-corrected chi connectivity index (χ2v) is 5.26. The van der Waals surface area contributed by atoms with Gasteiger partial charge in [-0.25, -0.2) is 0 Å². The molecule has 0 radical (unpaired) electrons. The maximum absolute atomic E-state index is 12.0. The third-order valence-electron chi connectivity index (χ3n) is 3.57. The van der Waals surface area contributed by atoms with Crippen LogP contribution in [-0.4, -0.2) is 46.4 Å². The molecule has 1 aromatic carbocycles. The molecule has 1 atom stereocenters. The van der Waals surface area contributed by atoms with E-state index in [-0.39, 0.29) is 24.4 Å². The zero-order valence-corrected chi connectivity index (χ0v) is 15.9. The molecule has 7 heteroatoms. The second kappa shape index (κ2) is 11.8. The molecule has 0 spiro atoms. The van der Waals surface area contributed by atoms with Crippen molar-refractivity contribution < 1.29 is 19.0 Å². The normalized spacial score (nSPS) is 11.2. The van der Waals surface area contributed by atoms with Crippen molar-refractivity contribution in [2.24, 2.45) is 0 Å². The van der Waals surface area contributed by atoms with Crippen LogP contribution in [0.4, 0.5) is 0 Å². The summed E-state index contributed by atoms with van der Waals surface area (Å²) in [6, 6.07) is 3.98. The number of amides is 1. The summed E-state index contributed by atoms with van der Waals surface area (Å²) in [5.74, 6) is 1.79. The minimum absolute atomic E-state index is 0. The lowest BCUT2D eigenvalue weighted by Gasteiger charge is -2.16. The zero-order valence-electron chi connectivity index (χ0n) is 15.1. The summed E-state index contributed by atoms with van der Waals surface area (Å²) in [5.41, 5.74) is 0.917. The molecule has 0 heterocycles. The van der Waals surface area contributed by atoms with E-state index in [1.165, 1.54) is 0 Å². The summed E-state index contributed by atoms with van der Waals surface area (Å²) in [6.07, 6.45) is 0.968. The van der Waals surface area contributed by atoms with Crippen molar-refractivity contribution in [3.63, 3.8) is 0 Å². The van der Waals surface area contributed by atoms with E-state index in [0.717, 1.165) is 12.1 Å². The Bertz CT molecular complexity index is 512. The Hall–Kier alpha value is -1.66. The van der Waals surface area contributed by atoms with Gasteiger partial charge >= 0.3 is 0 Å². The third-order valence-corrected chi connectivity index (χ3v) is 3.57. The smallest absolute Gasteiger partial charge is 0.220 e. The Labute approximate surface area is 150 Å². The Kier molecular flexibility index (Phi) is 11.0. The first-order chi connectivity index (χ1) is 11.1. The topological polar surface area (TPSA) is 68.8 Å². The van der Waals surface area contributed by atoms with Gasteiger partial charge in [0, 0.05) is 19.0 Å². The minimum atomic E-state index is 0. The van der Waals surface area contributed by atoms with E-state index in [1.54, 1.807) is 21.3 Å². The van der Waals surface area contributed by atoms with Gasteiger partial charge in [-0.1, -0.05) is 13.0 Å². The van der Waals surface area contributed by atoms with Gasteiger partial charge in [-0.15, -0.1) is 12.4 Å². The third kappa shape index (κ3) is 6.45. The van der Waals surface area contributed by atoms with Crippen molar-refractivity contribution in [1.82, 2.24) is 10.6 Å². The lowest BCUT2D eigenvalue weighted by molar-refractivity contribution is -0.121. The van der Waals surface area contributed by atoms with Gasteiger partial charge in [0.25, 0.3) is 0 Å². The van der Waals surface area contributed by atoms with E-state index in [0.29, 0.717) is 36.6 Å². The number of carbonyl (C=O) groups is 1. The highest BCUT2D eigenvalue weighted by Crippen LogP contribution is 2.40. The number of aryl methyl sites for hydroxylation is 1. The van der Waals surface area contributed by atoms with Gasteiger partial charge in [0.05, 0.1) is 21.3 Å². The van der Waals surface area contributed by atoms with Gasteiger partial charge in [0.15, 0.2) is 11.5 Å². The molecule has 0 unspecified atom stereocenters. The average molecular weight is 361 g/mol. The van der Waals surface area contributed by atoms with E-state index < -0.39 is 0 Å². The highest BCUT2D eigenvalue weighted by atomic mass is 35.5. The van der Waals surface area contributed by atoms with Crippen LogP contribution in [0.3, 0.4) is 0 Å². The number of benzene rings is 1. The van der Waals surface area contributed by atoms with Crippen LogP contribution in [0.2, 0.25) is 0 Å². The summed E-state index contributed by atoms with van der Waals surface area (Å²) < 4.78 is 16.0. The first-order valence-corrected chi connectivity index (χ1v) is 7.85. The average Bonchev–Trinajstić information content (AvgIpc) is 2.57. The molecule has 0 bridgehead atoms. The number of carbonyl (C=O) groups excluding carboxylic acids is 1. The van der Waals surface area contributed by atoms with Crippen molar-refractivity contribution in [3.05, 3.63) is 17.7 Å². The zero-order chi connectivity index (χ0) is 17.2. The fraction of sp³-hybridized carbons (Fsp3) is 0.588. The van der Waals surface area contributed by atoms with Crippen LogP contribution in [0.15, 0.2) is 12.1 Å². The van der Waals surface area contributed by atoms with Crippen molar-refractivity contribution in [3.8, 4) is 17.2 Å². The highest BCUT2D eigenvalue weighted by molar-refractivity contribution is 5.85. The molecule has 1 amide bonds. The highest BCUT2D eigenvalue weighted by Gasteiger charge is 2.16. The maximum atomic E-state index is 12.0. The number of rotatable bonds is 10. The molecule has 2 N–H and O–H groups in total. The van der Waals surface area contributed by atoms with Gasteiger partial charge in [-0.2, -0.15) is 0 Å². The molecule has 6 nitrogen and oxygen atoms in total. The first-order valence-electron chi connectivity index (χ1n) is 7.85. The SMILES string of the molecule is CCN[C@H](C)CNC(=O)CCc1ccc(OC)c(OC)c1OC.Cl. The van der Waals surface area contributed by atoms with E-state index >= 15 is 0 Å². The number of methoxy groups -OCH3 is 3. The molecule has 0 aromatic heterocycles. The number of ether oxygens (including phenoxy) is 3. The van der Waals surface area contributed by atoms with Crippen molar-refractivity contribution in [2.75, 3.05) is 34.4 Å². The molecule has 0 saturated heterocycles. The summed E-state index contributed by atoms with van der Waals surface area (Å²) in [4.78, 5) is 12.0.